The zero-order valence-corrected chi connectivity index (χ0v) is 21.0. The number of aromatic hydroxyl groups is 1. The van der Waals surface area contributed by atoms with E-state index < -0.39 is 17.7 Å². The van der Waals surface area contributed by atoms with Gasteiger partial charge in [0.25, 0.3) is 11.7 Å². The Morgan fingerprint density at radius 3 is 2.68 bits per heavy atom. The van der Waals surface area contributed by atoms with Crippen molar-refractivity contribution >= 4 is 33.4 Å². The number of benzene rings is 2. The van der Waals surface area contributed by atoms with Gasteiger partial charge in [0.1, 0.15) is 17.6 Å². The Morgan fingerprint density at radius 2 is 2.00 bits per heavy atom. The third kappa shape index (κ3) is 4.25. The van der Waals surface area contributed by atoms with Crippen LogP contribution in [-0.2, 0) is 16.0 Å². The zero-order chi connectivity index (χ0) is 24.7. The molecular weight excluding hydrogens is 504 g/mol. The maximum absolute atomic E-state index is 13.2. The number of likely N-dealkylation sites (tertiary alicyclic amines) is 1. The van der Waals surface area contributed by atoms with Crippen molar-refractivity contribution in [3.63, 3.8) is 0 Å². The van der Waals surface area contributed by atoms with Crippen LogP contribution in [0.5, 0.6) is 17.2 Å². The molecule has 0 radical (unpaired) electrons. The third-order valence-electron chi connectivity index (χ3n) is 6.08. The molecule has 2 aromatic rings. The summed E-state index contributed by atoms with van der Waals surface area (Å²) in [6.45, 7) is 2.76. The number of likely N-dealkylation sites (N-methyl/N-ethyl adjacent to an activating group) is 1. The van der Waals surface area contributed by atoms with Gasteiger partial charge in [-0.3, -0.25) is 9.59 Å². The fourth-order valence-corrected chi connectivity index (χ4v) is 4.86. The largest absolute Gasteiger partial charge is 0.507 e. The molecule has 0 aromatic heterocycles. The molecule has 9 heteroatoms. The number of nitrogens with zero attached hydrogens (tertiary/aromatic N) is 2. The highest BCUT2D eigenvalue weighted by Gasteiger charge is 2.46. The van der Waals surface area contributed by atoms with Crippen LogP contribution in [0.1, 0.15) is 29.7 Å². The minimum Gasteiger partial charge on any atom is -0.507 e. The highest BCUT2D eigenvalue weighted by Crippen LogP contribution is 2.44. The van der Waals surface area contributed by atoms with Crippen molar-refractivity contribution in [3.05, 3.63) is 57.1 Å². The number of phenols is 1. The number of ether oxygens (including phenoxy) is 2. The fourth-order valence-electron chi connectivity index (χ4n) is 4.40. The highest BCUT2D eigenvalue weighted by atomic mass is 79.9. The van der Waals surface area contributed by atoms with E-state index in [-0.39, 0.29) is 35.5 Å². The van der Waals surface area contributed by atoms with Gasteiger partial charge in [0.2, 0.25) is 0 Å². The lowest BCUT2D eigenvalue weighted by Gasteiger charge is -2.27. The summed E-state index contributed by atoms with van der Waals surface area (Å²) < 4.78 is 11.4. The average molecular weight is 531 g/mol. The van der Waals surface area contributed by atoms with E-state index in [1.54, 1.807) is 30.3 Å². The first-order valence-electron chi connectivity index (χ1n) is 10.9. The number of phenolic OH excluding ortho intramolecular Hbond substituents is 1. The van der Waals surface area contributed by atoms with Crippen LogP contribution in [0, 0.1) is 0 Å². The van der Waals surface area contributed by atoms with Crippen molar-refractivity contribution in [1.82, 2.24) is 9.80 Å². The predicted octanol–water partition coefficient (Wildman–Crippen LogP) is 3.47. The lowest BCUT2D eigenvalue weighted by Crippen LogP contribution is -2.35. The number of hydrogen-bond donors (Lipinski definition) is 2. The molecule has 180 valence electrons. The lowest BCUT2D eigenvalue weighted by atomic mass is 9.94. The number of aliphatic hydroxyl groups is 1. The van der Waals surface area contributed by atoms with Crippen LogP contribution in [0.25, 0.3) is 5.76 Å². The van der Waals surface area contributed by atoms with E-state index in [1.807, 2.05) is 25.9 Å². The Labute approximate surface area is 206 Å². The minimum atomic E-state index is -0.853. The van der Waals surface area contributed by atoms with Gasteiger partial charge in [-0.05, 0) is 78.4 Å². The monoisotopic (exact) mass is 530 g/mol. The van der Waals surface area contributed by atoms with Crippen LogP contribution in [0.4, 0.5) is 0 Å². The van der Waals surface area contributed by atoms with Crippen molar-refractivity contribution in [3.8, 4) is 17.2 Å². The molecule has 34 heavy (non-hydrogen) atoms. The summed E-state index contributed by atoms with van der Waals surface area (Å²) in [7, 11) is 5.17. The minimum absolute atomic E-state index is 0.00434. The molecule has 0 saturated carbocycles. The number of amides is 1. The van der Waals surface area contributed by atoms with E-state index in [0.717, 1.165) is 11.3 Å². The number of ketones is 1. The van der Waals surface area contributed by atoms with Crippen LogP contribution < -0.4 is 9.47 Å². The molecule has 1 amide bonds. The molecule has 2 N–H and O–H groups in total. The number of halogens is 1. The van der Waals surface area contributed by atoms with E-state index in [0.29, 0.717) is 28.6 Å². The number of Topliss-reactive ketones (excluding diaryl/α,β-unsaturated/α-hetero) is 1. The molecule has 2 aliphatic rings. The number of fused-ring (bicyclic) bond motifs is 1. The van der Waals surface area contributed by atoms with Gasteiger partial charge in [-0.15, -0.1) is 0 Å². The van der Waals surface area contributed by atoms with Gasteiger partial charge in [0.05, 0.1) is 23.2 Å². The van der Waals surface area contributed by atoms with Crippen LogP contribution in [0.2, 0.25) is 0 Å². The summed E-state index contributed by atoms with van der Waals surface area (Å²) in [6.07, 6.45) is 0.727. The second kappa shape index (κ2) is 9.31. The van der Waals surface area contributed by atoms with E-state index >= 15 is 0 Å². The molecule has 1 saturated heterocycles. The van der Waals surface area contributed by atoms with Crippen molar-refractivity contribution in [2.45, 2.75) is 25.5 Å². The van der Waals surface area contributed by atoms with E-state index in [2.05, 4.69) is 15.9 Å². The number of hydrogen-bond acceptors (Lipinski definition) is 7. The molecule has 2 atom stereocenters. The molecule has 4 rings (SSSR count). The summed E-state index contributed by atoms with van der Waals surface area (Å²) in [4.78, 5) is 29.7. The Morgan fingerprint density at radius 1 is 1.26 bits per heavy atom. The fraction of sp³-hybridized carbons (Fsp3) is 0.360. The molecule has 2 heterocycles. The Balaban J connectivity index is 1.87. The molecule has 2 aromatic carbocycles. The number of rotatable bonds is 6. The predicted molar refractivity (Wildman–Crippen MR) is 130 cm³/mol. The maximum Gasteiger partial charge on any atom is 0.295 e. The van der Waals surface area contributed by atoms with Gasteiger partial charge in [0.15, 0.2) is 11.5 Å². The summed E-state index contributed by atoms with van der Waals surface area (Å²) in [5, 5.41) is 21.6. The van der Waals surface area contributed by atoms with Gasteiger partial charge >= 0.3 is 0 Å². The van der Waals surface area contributed by atoms with Gasteiger partial charge in [-0.25, -0.2) is 0 Å². The number of aliphatic hydroxyl groups excluding tert-OH is 1. The summed E-state index contributed by atoms with van der Waals surface area (Å²) in [6, 6.07) is 7.60. The Bertz CT molecular complexity index is 1190. The average Bonchev–Trinajstić information content (AvgIpc) is 3.29. The summed E-state index contributed by atoms with van der Waals surface area (Å²) >= 11 is 3.32. The summed E-state index contributed by atoms with van der Waals surface area (Å²) in [5.41, 5.74) is 1.90. The van der Waals surface area contributed by atoms with Gasteiger partial charge in [-0.2, -0.15) is 0 Å². The van der Waals surface area contributed by atoms with Crippen molar-refractivity contribution in [2.75, 3.05) is 34.3 Å². The highest BCUT2D eigenvalue weighted by molar-refractivity contribution is 9.10. The van der Waals surface area contributed by atoms with Gasteiger partial charge in [0, 0.05) is 25.1 Å². The Kier molecular flexibility index (Phi) is 6.60. The molecule has 0 aliphatic carbocycles. The third-order valence-corrected chi connectivity index (χ3v) is 6.69. The summed E-state index contributed by atoms with van der Waals surface area (Å²) in [5.74, 6) is -0.847. The van der Waals surface area contributed by atoms with Crippen molar-refractivity contribution < 1.29 is 29.3 Å². The first-order chi connectivity index (χ1) is 16.1. The van der Waals surface area contributed by atoms with Crippen LogP contribution in [-0.4, -0.2) is 72.1 Å². The number of carbonyl (C=O) groups is 2. The molecule has 0 spiro atoms. The zero-order valence-electron chi connectivity index (χ0n) is 19.5. The maximum atomic E-state index is 13.2. The van der Waals surface area contributed by atoms with Gasteiger partial charge in [-0.1, -0.05) is 0 Å². The second-order valence-electron chi connectivity index (χ2n) is 8.80. The smallest absolute Gasteiger partial charge is 0.295 e. The molecular formula is C25H27BrN2O6. The van der Waals surface area contributed by atoms with Crippen molar-refractivity contribution in [1.29, 1.82) is 0 Å². The molecule has 8 nitrogen and oxygen atoms in total. The standard InChI is InChI=1S/C25H27BrN2O6/c1-13-9-15-10-14(5-6-18(15)34-13)22(29)20-21(16-11-17(26)23(30)19(12-16)33-4)28(8-7-27(2)3)25(32)24(20)31/h5-6,10-13,21,29-30H,7-9H2,1-4H3/b22-20+/t13-,21+/m0/s1. The topological polar surface area (TPSA) is 99.5 Å². The van der Waals surface area contributed by atoms with Crippen molar-refractivity contribution in [2.24, 2.45) is 0 Å². The first-order valence-corrected chi connectivity index (χ1v) is 11.7. The normalized spacial score (nSPS) is 21.2. The molecule has 0 unspecified atom stereocenters. The second-order valence-corrected chi connectivity index (χ2v) is 9.66. The van der Waals surface area contributed by atoms with Crippen LogP contribution in [0.3, 0.4) is 0 Å². The lowest BCUT2D eigenvalue weighted by molar-refractivity contribution is -0.140. The SMILES string of the molecule is COc1cc([C@@H]2/C(=C(\O)c3ccc4c(c3)C[C@H](C)O4)C(=O)C(=O)N2CCN(C)C)cc(Br)c1O. The first kappa shape index (κ1) is 24.1. The van der Waals surface area contributed by atoms with Crippen LogP contribution in [0.15, 0.2) is 40.4 Å². The van der Waals surface area contributed by atoms with Crippen LogP contribution >= 0.6 is 15.9 Å². The quantitative estimate of drug-likeness (QED) is 0.335. The molecule has 0 bridgehead atoms. The number of methoxy groups -OCH3 is 1. The van der Waals surface area contributed by atoms with Gasteiger partial charge < -0.3 is 29.5 Å². The molecule has 2 aliphatic heterocycles. The van der Waals surface area contributed by atoms with E-state index in [4.69, 9.17) is 9.47 Å². The number of carbonyl (C=O) groups excluding carboxylic acids is 2. The van der Waals surface area contributed by atoms with E-state index in [1.165, 1.54) is 12.0 Å². The molecule has 1 fully saturated rings. The van der Waals surface area contributed by atoms with E-state index in [9.17, 15) is 19.8 Å². The Hall–Kier alpha value is -3.04.